The Labute approximate surface area is 186 Å². The molecule has 7 nitrogen and oxygen atoms in total. The van der Waals surface area contributed by atoms with E-state index < -0.39 is 4.92 Å². The monoisotopic (exact) mass is 463 g/mol. The van der Waals surface area contributed by atoms with Gasteiger partial charge < -0.3 is 4.42 Å². The number of non-ortho nitro benzene ring substituents is 1. The molecule has 3 rings (SSSR count). The minimum absolute atomic E-state index is 0.0373. The molecule has 0 aliphatic rings. The zero-order valence-corrected chi connectivity index (χ0v) is 17.7. The number of nitro groups is 1. The van der Waals surface area contributed by atoms with Gasteiger partial charge in [-0.25, -0.2) is 5.43 Å². The SMILES string of the molecule is O=C(CSCc1ccc([N+](=O)[O-])cc1)N/N=C\c1ccc(-c2ccc(Cl)cc2Cl)o1. The van der Waals surface area contributed by atoms with Crippen LogP contribution >= 0.6 is 35.0 Å². The summed E-state index contributed by atoms with van der Waals surface area (Å²) in [6.45, 7) is 0. The Kier molecular flexibility index (Phi) is 7.51. The van der Waals surface area contributed by atoms with E-state index in [0.29, 0.717) is 32.9 Å². The lowest BCUT2D eigenvalue weighted by atomic mass is 10.2. The normalized spacial score (nSPS) is 11.0. The fraction of sp³-hybridized carbons (Fsp3) is 0.100. The molecule has 0 spiro atoms. The molecule has 154 valence electrons. The maximum absolute atomic E-state index is 11.9. The fourth-order valence-corrected chi connectivity index (χ4v) is 3.71. The summed E-state index contributed by atoms with van der Waals surface area (Å²) in [6, 6.07) is 14.8. The van der Waals surface area contributed by atoms with Crippen LogP contribution in [0.3, 0.4) is 0 Å². The van der Waals surface area contributed by atoms with E-state index in [9.17, 15) is 14.9 Å². The van der Waals surface area contributed by atoms with Gasteiger partial charge in [-0.3, -0.25) is 14.9 Å². The van der Waals surface area contributed by atoms with E-state index in [4.69, 9.17) is 27.6 Å². The number of hydrogen-bond donors (Lipinski definition) is 1. The van der Waals surface area contributed by atoms with Crippen LogP contribution in [0.4, 0.5) is 5.69 Å². The van der Waals surface area contributed by atoms with Gasteiger partial charge in [0.25, 0.3) is 5.69 Å². The maximum atomic E-state index is 11.9. The molecule has 0 aliphatic heterocycles. The molecular formula is C20H15Cl2N3O4S. The predicted molar refractivity (Wildman–Crippen MR) is 119 cm³/mol. The first-order valence-electron chi connectivity index (χ1n) is 8.60. The zero-order chi connectivity index (χ0) is 21.5. The van der Waals surface area contributed by atoms with Gasteiger partial charge in [-0.1, -0.05) is 35.3 Å². The molecule has 3 aromatic rings. The first-order valence-corrected chi connectivity index (χ1v) is 10.5. The molecule has 0 bridgehead atoms. The molecule has 0 radical (unpaired) electrons. The fourth-order valence-electron chi connectivity index (χ4n) is 2.43. The molecule has 0 unspecified atom stereocenters. The van der Waals surface area contributed by atoms with Crippen molar-refractivity contribution in [3.05, 3.63) is 86.1 Å². The summed E-state index contributed by atoms with van der Waals surface area (Å²) in [5.41, 5.74) is 4.06. The summed E-state index contributed by atoms with van der Waals surface area (Å²) in [7, 11) is 0. The van der Waals surface area contributed by atoms with Crippen LogP contribution in [0.25, 0.3) is 11.3 Å². The second-order valence-corrected chi connectivity index (χ2v) is 7.86. The predicted octanol–water partition coefficient (Wildman–Crippen LogP) is 5.55. The molecule has 1 heterocycles. The number of furan rings is 1. The van der Waals surface area contributed by atoms with Gasteiger partial charge in [0.15, 0.2) is 0 Å². The minimum atomic E-state index is -0.450. The largest absolute Gasteiger partial charge is 0.455 e. The molecule has 30 heavy (non-hydrogen) atoms. The molecule has 1 aromatic heterocycles. The molecule has 2 aromatic carbocycles. The summed E-state index contributed by atoms with van der Waals surface area (Å²) < 4.78 is 5.66. The van der Waals surface area contributed by atoms with Gasteiger partial charge >= 0.3 is 0 Å². The number of amides is 1. The highest BCUT2D eigenvalue weighted by atomic mass is 35.5. The number of carbonyl (C=O) groups is 1. The van der Waals surface area contributed by atoms with E-state index in [-0.39, 0.29) is 17.3 Å². The second-order valence-electron chi connectivity index (χ2n) is 6.04. The number of rotatable bonds is 8. The van der Waals surface area contributed by atoms with Gasteiger partial charge in [-0.2, -0.15) is 5.10 Å². The highest BCUT2D eigenvalue weighted by Gasteiger charge is 2.09. The number of hydrazone groups is 1. The molecule has 0 atom stereocenters. The van der Waals surface area contributed by atoms with Crippen molar-refractivity contribution in [3.8, 4) is 11.3 Å². The quantitative estimate of drug-likeness (QED) is 0.268. The number of halogens is 2. The number of hydrogen-bond acceptors (Lipinski definition) is 6. The minimum Gasteiger partial charge on any atom is -0.455 e. The molecule has 0 saturated carbocycles. The summed E-state index contributed by atoms with van der Waals surface area (Å²) in [5.74, 6) is 1.49. The van der Waals surface area contributed by atoms with Crippen molar-refractivity contribution in [2.45, 2.75) is 5.75 Å². The van der Waals surface area contributed by atoms with Crippen LogP contribution in [0.1, 0.15) is 11.3 Å². The van der Waals surface area contributed by atoms with Crippen molar-refractivity contribution in [1.29, 1.82) is 0 Å². The Balaban J connectivity index is 1.45. The number of nitro benzene ring substituents is 1. The standard InChI is InChI=1S/C20H15Cl2N3O4S/c21-14-3-7-17(18(22)9-14)19-8-6-16(29-19)10-23-24-20(26)12-30-11-13-1-4-15(5-2-13)25(27)28/h1-10H,11-12H2,(H,24,26)/b23-10-. The van der Waals surface area contributed by atoms with Gasteiger partial charge in [0.1, 0.15) is 11.5 Å². The Morgan fingerprint density at radius 1 is 1.17 bits per heavy atom. The van der Waals surface area contributed by atoms with E-state index in [0.717, 1.165) is 5.56 Å². The van der Waals surface area contributed by atoms with E-state index in [1.807, 2.05) is 0 Å². The van der Waals surface area contributed by atoms with Crippen molar-refractivity contribution in [2.75, 3.05) is 5.75 Å². The highest BCUT2D eigenvalue weighted by molar-refractivity contribution is 7.99. The lowest BCUT2D eigenvalue weighted by molar-refractivity contribution is -0.384. The van der Waals surface area contributed by atoms with Crippen molar-refractivity contribution in [1.82, 2.24) is 5.43 Å². The third kappa shape index (κ3) is 6.09. The van der Waals surface area contributed by atoms with Crippen LogP contribution in [0.2, 0.25) is 10.0 Å². The molecule has 10 heteroatoms. The Morgan fingerprint density at radius 2 is 1.93 bits per heavy atom. The lowest BCUT2D eigenvalue weighted by Crippen LogP contribution is -2.19. The van der Waals surface area contributed by atoms with Crippen molar-refractivity contribution in [3.63, 3.8) is 0 Å². The van der Waals surface area contributed by atoms with Crippen LogP contribution in [0, 0.1) is 10.1 Å². The second kappa shape index (κ2) is 10.3. The smallest absolute Gasteiger partial charge is 0.269 e. The molecular weight excluding hydrogens is 449 g/mol. The summed E-state index contributed by atoms with van der Waals surface area (Å²) >= 11 is 13.4. The average molecular weight is 464 g/mol. The highest BCUT2D eigenvalue weighted by Crippen LogP contribution is 2.31. The lowest BCUT2D eigenvalue weighted by Gasteiger charge is -2.01. The van der Waals surface area contributed by atoms with Crippen molar-refractivity contribution in [2.24, 2.45) is 5.10 Å². The third-order valence-electron chi connectivity index (χ3n) is 3.85. The Hall–Kier alpha value is -2.81. The molecule has 0 aliphatic carbocycles. The Morgan fingerprint density at radius 3 is 2.63 bits per heavy atom. The zero-order valence-electron chi connectivity index (χ0n) is 15.4. The summed E-state index contributed by atoms with van der Waals surface area (Å²) in [4.78, 5) is 22.1. The summed E-state index contributed by atoms with van der Waals surface area (Å²) in [5, 5.41) is 15.5. The number of thioether (sulfide) groups is 1. The van der Waals surface area contributed by atoms with Gasteiger partial charge in [-0.15, -0.1) is 11.8 Å². The number of benzene rings is 2. The number of nitrogens with zero attached hydrogens (tertiary/aromatic N) is 2. The van der Waals surface area contributed by atoms with E-state index in [1.54, 1.807) is 42.5 Å². The van der Waals surface area contributed by atoms with Gasteiger partial charge in [0.05, 0.1) is 21.9 Å². The van der Waals surface area contributed by atoms with Crippen molar-refractivity contribution >= 4 is 52.8 Å². The Bertz CT molecular complexity index is 1080. The van der Waals surface area contributed by atoms with Crippen LogP contribution in [0.15, 0.2) is 64.1 Å². The van der Waals surface area contributed by atoms with Crippen LogP contribution in [-0.4, -0.2) is 22.8 Å². The van der Waals surface area contributed by atoms with Gasteiger partial charge in [0.2, 0.25) is 5.91 Å². The van der Waals surface area contributed by atoms with Crippen LogP contribution < -0.4 is 5.43 Å². The van der Waals surface area contributed by atoms with Crippen LogP contribution in [0.5, 0.6) is 0 Å². The molecule has 0 saturated heterocycles. The topological polar surface area (TPSA) is 97.7 Å². The van der Waals surface area contributed by atoms with E-state index >= 15 is 0 Å². The summed E-state index contributed by atoms with van der Waals surface area (Å²) in [6.07, 6.45) is 1.40. The van der Waals surface area contributed by atoms with Crippen LogP contribution in [-0.2, 0) is 10.5 Å². The first kappa shape index (κ1) is 21.9. The third-order valence-corrected chi connectivity index (χ3v) is 5.41. The molecule has 1 amide bonds. The average Bonchev–Trinajstić information content (AvgIpc) is 3.17. The number of carbonyl (C=O) groups excluding carboxylic acids is 1. The number of nitrogens with one attached hydrogen (secondary N) is 1. The van der Waals surface area contributed by atoms with Gasteiger partial charge in [-0.05, 0) is 35.9 Å². The van der Waals surface area contributed by atoms with E-state index in [1.165, 1.54) is 30.1 Å². The molecule has 0 fully saturated rings. The van der Waals surface area contributed by atoms with E-state index in [2.05, 4.69) is 10.5 Å². The van der Waals surface area contributed by atoms with Crippen molar-refractivity contribution < 1.29 is 14.1 Å². The maximum Gasteiger partial charge on any atom is 0.269 e. The van der Waals surface area contributed by atoms with Gasteiger partial charge in [0, 0.05) is 28.5 Å². The first-order chi connectivity index (χ1) is 14.4. The molecule has 1 N–H and O–H groups in total.